The van der Waals surface area contributed by atoms with E-state index in [2.05, 4.69) is 31.1 Å². The molecule has 218 valence electrons. The highest BCUT2D eigenvalue weighted by molar-refractivity contribution is 6.61. The van der Waals surface area contributed by atoms with E-state index < -0.39 is 17.6 Å². The molecule has 0 amide bonds. The van der Waals surface area contributed by atoms with Crippen molar-refractivity contribution in [3.63, 3.8) is 0 Å². The Balaban J connectivity index is 1.92. The molecule has 2 aromatic heterocycles. The molecule has 2 aromatic rings. The predicted octanol–water partition coefficient (Wildman–Crippen LogP) is 2.32. The summed E-state index contributed by atoms with van der Waals surface area (Å²) in [6.45, 7) is 16.4. The van der Waals surface area contributed by atoms with Gasteiger partial charge in [-0.1, -0.05) is 0 Å². The lowest BCUT2D eigenvalue weighted by molar-refractivity contribution is 0.0696. The van der Waals surface area contributed by atoms with E-state index in [0.717, 1.165) is 24.5 Å². The third-order valence-electron chi connectivity index (χ3n) is 5.68. The maximum Gasteiger partial charge on any atom is 0.500 e. The maximum absolute atomic E-state index is 5.95. The van der Waals surface area contributed by atoms with Gasteiger partial charge in [-0.15, -0.1) is 10.2 Å². The van der Waals surface area contributed by atoms with Crippen LogP contribution in [0.3, 0.4) is 0 Å². The first-order valence-corrected chi connectivity index (χ1v) is 17.7. The van der Waals surface area contributed by atoms with Crippen molar-refractivity contribution in [3.8, 4) is 0 Å². The van der Waals surface area contributed by atoms with Crippen molar-refractivity contribution < 1.29 is 26.6 Å². The van der Waals surface area contributed by atoms with Crippen LogP contribution in [0, 0.1) is 0 Å². The summed E-state index contributed by atoms with van der Waals surface area (Å²) < 4.78 is 39.4. The molecule has 0 saturated carbocycles. The fourth-order valence-corrected chi connectivity index (χ4v) is 9.46. The lowest BCUT2D eigenvalue weighted by Gasteiger charge is -2.28. The Labute approximate surface area is 228 Å². The molecule has 0 N–H and O–H groups in total. The van der Waals surface area contributed by atoms with Crippen LogP contribution in [0.25, 0.3) is 0 Å². The average molecular weight is 575 g/mol. The molecule has 16 heteroatoms. The first-order chi connectivity index (χ1) is 18.5. The number of aromatic nitrogens is 8. The summed E-state index contributed by atoms with van der Waals surface area (Å²) in [7, 11) is -5.39. The van der Waals surface area contributed by atoms with Crippen LogP contribution in [0.15, 0.2) is 0 Å². The van der Waals surface area contributed by atoms with Crippen LogP contribution in [0.5, 0.6) is 0 Å². The number of hydrogen-bond donors (Lipinski definition) is 0. The van der Waals surface area contributed by atoms with Crippen molar-refractivity contribution in [2.24, 2.45) is 0 Å². The minimum absolute atomic E-state index is 0.559. The molecule has 0 bridgehead atoms. The van der Waals surface area contributed by atoms with Gasteiger partial charge in [-0.3, -0.25) is 0 Å². The van der Waals surface area contributed by atoms with Crippen LogP contribution in [0.4, 0.5) is 0 Å². The summed E-state index contributed by atoms with van der Waals surface area (Å²) in [5.74, 6) is 1.57. The molecule has 38 heavy (non-hydrogen) atoms. The molecule has 0 aliphatic carbocycles. The molecule has 0 atom stereocenters. The number of tetrazole rings is 2. The second-order valence-corrected chi connectivity index (χ2v) is 13.8. The van der Waals surface area contributed by atoms with Crippen molar-refractivity contribution >= 4 is 17.6 Å². The first-order valence-electron chi connectivity index (χ1n) is 13.8. The zero-order valence-corrected chi connectivity index (χ0v) is 25.9. The van der Waals surface area contributed by atoms with Crippen molar-refractivity contribution in [3.05, 3.63) is 11.6 Å². The second kappa shape index (κ2) is 17.8. The minimum Gasteiger partial charge on any atom is -0.374 e. The highest BCUT2D eigenvalue weighted by Crippen LogP contribution is 2.20. The summed E-state index contributed by atoms with van der Waals surface area (Å²) in [6.07, 6.45) is 2.81. The zero-order chi connectivity index (χ0) is 27.7. The Morgan fingerprint density at radius 1 is 0.526 bits per heavy atom. The topological polar surface area (TPSA) is 143 Å². The van der Waals surface area contributed by atoms with Crippen molar-refractivity contribution in [1.82, 2.24) is 40.4 Å². The number of hydrogen-bond acceptors (Lipinski definition) is 12. The van der Waals surface area contributed by atoms with Gasteiger partial charge in [0.2, 0.25) is 0 Å². The van der Waals surface area contributed by atoms with Gasteiger partial charge in [0.05, 0.1) is 0 Å². The molecule has 2 heterocycles. The van der Waals surface area contributed by atoms with Gasteiger partial charge in [-0.25, -0.2) is 9.36 Å². The molecular weight excluding hydrogens is 528 g/mol. The number of rotatable bonds is 23. The lowest BCUT2D eigenvalue weighted by atomic mass is 10.2. The number of aryl methyl sites for hydroxylation is 4. The summed E-state index contributed by atoms with van der Waals surface area (Å²) in [4.78, 5) is 0. The highest BCUT2D eigenvalue weighted by atomic mass is 28.4. The van der Waals surface area contributed by atoms with E-state index in [9.17, 15) is 0 Å². The van der Waals surface area contributed by atoms with Gasteiger partial charge in [0.1, 0.15) is 0 Å². The van der Waals surface area contributed by atoms with Gasteiger partial charge in [0, 0.05) is 77.7 Å². The highest BCUT2D eigenvalue weighted by Gasteiger charge is 2.40. The van der Waals surface area contributed by atoms with E-state index in [1.807, 2.05) is 50.9 Å². The van der Waals surface area contributed by atoms with E-state index in [0.29, 0.717) is 77.7 Å². The Bertz CT molecular complexity index is 785. The average Bonchev–Trinajstić information content (AvgIpc) is 3.53. The first kappa shape index (κ1) is 32.5. The van der Waals surface area contributed by atoms with E-state index in [4.69, 9.17) is 26.6 Å². The molecule has 14 nitrogen and oxygen atoms in total. The summed E-state index contributed by atoms with van der Waals surface area (Å²) in [5, 5.41) is 24.6. The van der Waals surface area contributed by atoms with E-state index >= 15 is 0 Å². The van der Waals surface area contributed by atoms with Crippen LogP contribution in [-0.4, -0.2) is 97.7 Å². The Hall–Kier alpha value is -1.67. The van der Waals surface area contributed by atoms with Crippen LogP contribution < -0.4 is 0 Å². The SMILES string of the molecule is CCO[Si](CCCn1nnnc1CCc1nnnn1CCC[Si](OCC)(OCC)OCC)(OCC)OCC. The van der Waals surface area contributed by atoms with Crippen LogP contribution in [-0.2, 0) is 52.5 Å². The third kappa shape index (κ3) is 10.1. The predicted molar refractivity (Wildman–Crippen MR) is 143 cm³/mol. The van der Waals surface area contributed by atoms with E-state index in [-0.39, 0.29) is 0 Å². The largest absolute Gasteiger partial charge is 0.500 e. The van der Waals surface area contributed by atoms with Crippen molar-refractivity contribution in [2.75, 3.05) is 39.6 Å². The summed E-state index contributed by atoms with van der Waals surface area (Å²) >= 11 is 0. The van der Waals surface area contributed by atoms with Crippen molar-refractivity contribution in [2.45, 2.75) is 92.4 Å². The van der Waals surface area contributed by atoms with Crippen LogP contribution >= 0.6 is 0 Å². The molecule has 0 saturated heterocycles. The summed E-state index contributed by atoms with van der Waals surface area (Å²) in [6, 6.07) is 1.41. The van der Waals surface area contributed by atoms with E-state index in [1.54, 1.807) is 0 Å². The van der Waals surface area contributed by atoms with Crippen molar-refractivity contribution in [1.29, 1.82) is 0 Å². The standard InChI is InChI=1S/C22H46N8O6Si2/c1-7-31-37(32-8-2,33-9-3)19-13-17-29-21(23-25-27-29)15-16-22-24-26-28-30(22)18-14-20-38(34-10-4,35-11-5)36-12-6/h7-20H2,1-6H3. The van der Waals surface area contributed by atoms with Crippen LogP contribution in [0.2, 0.25) is 12.1 Å². The monoisotopic (exact) mass is 574 g/mol. The molecule has 0 aliphatic rings. The molecule has 0 spiro atoms. The van der Waals surface area contributed by atoms with Gasteiger partial charge in [-0.2, -0.15) is 0 Å². The molecule has 0 unspecified atom stereocenters. The summed E-state index contributed by atoms with van der Waals surface area (Å²) in [5.41, 5.74) is 0. The fraction of sp³-hybridized carbons (Fsp3) is 0.909. The van der Waals surface area contributed by atoms with Crippen LogP contribution in [0.1, 0.15) is 66.0 Å². The van der Waals surface area contributed by atoms with Gasteiger partial charge in [0.15, 0.2) is 11.6 Å². The quantitative estimate of drug-likeness (QED) is 0.180. The molecule has 0 aliphatic heterocycles. The van der Waals surface area contributed by atoms with Gasteiger partial charge in [-0.05, 0) is 75.2 Å². The maximum atomic E-state index is 5.95. The Kier molecular flexibility index (Phi) is 15.3. The van der Waals surface area contributed by atoms with Gasteiger partial charge < -0.3 is 26.6 Å². The molecule has 0 fully saturated rings. The lowest BCUT2D eigenvalue weighted by Crippen LogP contribution is -2.46. The Morgan fingerprint density at radius 2 is 0.842 bits per heavy atom. The number of nitrogens with zero attached hydrogens (tertiary/aromatic N) is 8. The fourth-order valence-electron chi connectivity index (χ4n) is 4.27. The Morgan fingerprint density at radius 3 is 1.13 bits per heavy atom. The van der Waals surface area contributed by atoms with Gasteiger partial charge in [0.25, 0.3) is 0 Å². The smallest absolute Gasteiger partial charge is 0.374 e. The normalized spacial score (nSPS) is 12.5. The minimum atomic E-state index is -2.69. The molecule has 2 rings (SSSR count). The molecular formula is C22H46N8O6Si2. The van der Waals surface area contributed by atoms with Gasteiger partial charge >= 0.3 is 17.6 Å². The third-order valence-corrected chi connectivity index (χ3v) is 12.0. The molecule has 0 aromatic carbocycles. The second-order valence-electron chi connectivity index (χ2n) is 8.31. The molecule has 0 radical (unpaired) electrons. The van der Waals surface area contributed by atoms with E-state index in [1.165, 1.54) is 0 Å². The zero-order valence-electron chi connectivity index (χ0n) is 23.9.